The Bertz CT molecular complexity index is 497. The summed E-state index contributed by atoms with van der Waals surface area (Å²) in [5.41, 5.74) is 0.957. The van der Waals surface area contributed by atoms with E-state index in [1.54, 1.807) is 18.2 Å². The van der Waals surface area contributed by atoms with Gasteiger partial charge in [0, 0.05) is 19.0 Å². The van der Waals surface area contributed by atoms with E-state index < -0.39 is 10.0 Å². The summed E-state index contributed by atoms with van der Waals surface area (Å²) in [6, 6.07) is 7.01. The van der Waals surface area contributed by atoms with Crippen LogP contribution in [-0.4, -0.2) is 32.4 Å². The van der Waals surface area contributed by atoms with Gasteiger partial charge in [0.1, 0.15) is 23.0 Å². The molecule has 0 saturated carbocycles. The molecule has 0 spiro atoms. The van der Waals surface area contributed by atoms with Crippen molar-refractivity contribution in [1.29, 1.82) is 0 Å². The van der Waals surface area contributed by atoms with Crippen LogP contribution in [0.4, 0.5) is 0 Å². The van der Waals surface area contributed by atoms with Gasteiger partial charge in [-0.15, -0.1) is 0 Å². The van der Waals surface area contributed by atoms with Crippen LogP contribution in [-0.2, 0) is 13.1 Å². The highest BCUT2D eigenvalue weighted by Crippen LogP contribution is 2.25. The van der Waals surface area contributed by atoms with E-state index in [0.717, 1.165) is 5.56 Å². The van der Waals surface area contributed by atoms with Gasteiger partial charge in [-0.25, -0.2) is 8.42 Å². The van der Waals surface area contributed by atoms with E-state index in [0.29, 0.717) is 30.5 Å². The summed E-state index contributed by atoms with van der Waals surface area (Å²) < 4.78 is 30.9. The second-order valence-corrected chi connectivity index (χ2v) is 6.84. The highest BCUT2D eigenvalue weighted by molar-refractivity contribution is 14.1. The molecule has 94 valence electrons. The molecule has 6 heteroatoms. The molecule has 1 aromatic carbocycles. The fourth-order valence-electron chi connectivity index (χ4n) is 1.84. The second kappa shape index (κ2) is 5.21. The monoisotopic (exact) mass is 367 g/mol. The molecule has 17 heavy (non-hydrogen) atoms. The zero-order valence-electron chi connectivity index (χ0n) is 9.47. The molecular formula is C11H14INO3S. The van der Waals surface area contributed by atoms with Gasteiger partial charge in [-0.3, -0.25) is 0 Å². The van der Waals surface area contributed by atoms with Crippen molar-refractivity contribution >= 4 is 33.0 Å². The first-order valence-electron chi connectivity index (χ1n) is 5.34. The van der Waals surface area contributed by atoms with Gasteiger partial charge >= 0.3 is 0 Å². The minimum atomic E-state index is -3.30. The number of sulfonamides is 1. The average Bonchev–Trinajstić information content (AvgIpc) is 2.22. The molecule has 1 aromatic rings. The second-order valence-electron chi connectivity index (χ2n) is 4.28. The molecule has 1 aliphatic rings. The smallest absolute Gasteiger partial charge is 0.243 e. The molecule has 0 aliphatic carbocycles. The van der Waals surface area contributed by atoms with E-state index in [9.17, 15) is 8.42 Å². The molecule has 0 bridgehead atoms. The highest BCUT2D eigenvalue weighted by atomic mass is 127. The Balaban J connectivity index is 2.11. The van der Waals surface area contributed by atoms with Gasteiger partial charge in [-0.05, 0) is 24.6 Å². The number of rotatable bonds is 4. The topological polar surface area (TPSA) is 46.6 Å². The first-order valence-corrected chi connectivity index (χ1v) is 7.66. The van der Waals surface area contributed by atoms with Crippen molar-refractivity contribution in [3.05, 3.63) is 29.8 Å². The maximum Gasteiger partial charge on any atom is 0.243 e. The molecule has 4 nitrogen and oxygen atoms in total. The summed E-state index contributed by atoms with van der Waals surface area (Å²) >= 11 is 1.84. The van der Waals surface area contributed by atoms with Crippen molar-refractivity contribution in [2.24, 2.45) is 5.92 Å². The van der Waals surface area contributed by atoms with Crippen LogP contribution in [0, 0.1) is 12.8 Å². The Hall–Kier alpha value is -0.180. The lowest BCUT2D eigenvalue weighted by atomic mass is 10.1. The van der Waals surface area contributed by atoms with Gasteiger partial charge in [0.15, 0.2) is 0 Å². The van der Waals surface area contributed by atoms with Crippen LogP contribution in [0.5, 0.6) is 0 Å². The Labute approximate surface area is 116 Å². The summed E-state index contributed by atoms with van der Waals surface area (Å²) in [6.07, 6.45) is 0. The molecule has 0 unspecified atom stereocenters. The zero-order valence-corrected chi connectivity index (χ0v) is 12.4. The Morgan fingerprint density at radius 1 is 1.47 bits per heavy atom. The van der Waals surface area contributed by atoms with Crippen molar-refractivity contribution in [2.75, 3.05) is 19.7 Å². The van der Waals surface area contributed by atoms with E-state index in [-0.39, 0.29) is 0 Å². The summed E-state index contributed by atoms with van der Waals surface area (Å²) in [7, 11) is -3.30. The summed E-state index contributed by atoms with van der Waals surface area (Å²) in [6.45, 7) is 3.61. The van der Waals surface area contributed by atoms with Crippen molar-refractivity contribution < 1.29 is 11.5 Å². The lowest BCUT2D eigenvalue weighted by Crippen LogP contribution is -2.51. The van der Waals surface area contributed by atoms with Crippen LogP contribution in [0.2, 0.25) is 0 Å². The third kappa shape index (κ3) is 2.81. The number of halogens is 1. The van der Waals surface area contributed by atoms with Crippen LogP contribution in [0.3, 0.4) is 0 Å². The average molecular weight is 367 g/mol. The number of hydrogen-bond donors (Lipinski definition) is 0. The van der Waals surface area contributed by atoms with Crippen LogP contribution in [0.25, 0.3) is 0 Å². The fourth-order valence-corrected chi connectivity index (χ4v) is 4.04. The Kier molecular flexibility index (Phi) is 4.06. The lowest BCUT2D eigenvalue weighted by molar-refractivity contribution is 0.153. The van der Waals surface area contributed by atoms with Gasteiger partial charge in [0.25, 0.3) is 0 Å². The highest BCUT2D eigenvalue weighted by Gasteiger charge is 2.36. The molecule has 1 heterocycles. The number of nitrogens with zero attached hydrogens (tertiary/aromatic N) is 1. The largest absolute Gasteiger partial charge is 0.315 e. The molecule has 1 fully saturated rings. The molecule has 0 aromatic heterocycles. The predicted octanol–water partition coefficient (Wildman–Crippen LogP) is 1.98. The molecule has 1 aliphatic heterocycles. The first-order chi connectivity index (χ1) is 8.04. The predicted molar refractivity (Wildman–Crippen MR) is 73.4 cm³/mol. The fraction of sp³-hybridized carbons (Fsp3) is 0.455. The van der Waals surface area contributed by atoms with Gasteiger partial charge in [0.2, 0.25) is 10.0 Å². The third-order valence-electron chi connectivity index (χ3n) is 2.85. The summed E-state index contributed by atoms with van der Waals surface area (Å²) in [4.78, 5) is 0.381. The third-order valence-corrected chi connectivity index (χ3v) is 5.04. The van der Waals surface area contributed by atoms with Crippen molar-refractivity contribution in [2.45, 2.75) is 11.8 Å². The van der Waals surface area contributed by atoms with Gasteiger partial charge in [-0.1, -0.05) is 12.1 Å². The molecule has 1 saturated heterocycles. The molecule has 0 N–H and O–H groups in total. The van der Waals surface area contributed by atoms with Crippen LogP contribution >= 0.6 is 23.0 Å². The first kappa shape index (κ1) is 13.3. The Morgan fingerprint density at radius 3 is 2.76 bits per heavy atom. The number of aryl methyl sites for hydroxylation is 1. The molecule has 0 atom stereocenters. The van der Waals surface area contributed by atoms with Crippen molar-refractivity contribution in [3.63, 3.8) is 0 Å². The lowest BCUT2D eigenvalue weighted by Gasteiger charge is -2.37. The summed E-state index contributed by atoms with van der Waals surface area (Å²) in [5, 5.41) is 0. The van der Waals surface area contributed by atoms with Crippen molar-refractivity contribution in [1.82, 2.24) is 4.31 Å². The van der Waals surface area contributed by atoms with Crippen LogP contribution in [0.1, 0.15) is 5.56 Å². The Morgan fingerprint density at radius 2 is 2.18 bits per heavy atom. The van der Waals surface area contributed by atoms with E-state index in [4.69, 9.17) is 3.07 Å². The quantitative estimate of drug-likeness (QED) is 0.765. The van der Waals surface area contributed by atoms with Gasteiger partial charge < -0.3 is 3.07 Å². The minimum Gasteiger partial charge on any atom is -0.315 e. The minimum absolute atomic E-state index is 0.325. The normalized spacial score (nSPS) is 18.0. The van der Waals surface area contributed by atoms with Crippen LogP contribution < -0.4 is 0 Å². The standard InChI is InChI=1S/C11H14INO3S/c1-9-3-2-4-11(5-9)17(14,15)13-6-10(7-13)8-16-12/h2-5,10H,6-8H2,1H3. The molecule has 0 radical (unpaired) electrons. The maximum atomic E-state index is 12.2. The van der Waals surface area contributed by atoms with E-state index in [1.165, 1.54) is 4.31 Å². The summed E-state index contributed by atoms with van der Waals surface area (Å²) in [5.74, 6) is 0.325. The number of hydrogen-bond acceptors (Lipinski definition) is 3. The zero-order chi connectivity index (χ0) is 12.5. The molecule has 2 rings (SSSR count). The van der Waals surface area contributed by atoms with Crippen LogP contribution in [0.15, 0.2) is 29.2 Å². The molecular weight excluding hydrogens is 353 g/mol. The van der Waals surface area contributed by atoms with E-state index in [2.05, 4.69) is 0 Å². The molecule has 0 amide bonds. The van der Waals surface area contributed by atoms with Crippen molar-refractivity contribution in [3.8, 4) is 0 Å². The maximum absolute atomic E-state index is 12.2. The van der Waals surface area contributed by atoms with E-state index in [1.807, 2.05) is 36.0 Å². The van der Waals surface area contributed by atoms with Gasteiger partial charge in [-0.2, -0.15) is 4.31 Å². The van der Waals surface area contributed by atoms with E-state index >= 15 is 0 Å². The SMILES string of the molecule is Cc1cccc(S(=O)(=O)N2CC(COI)C2)c1. The van der Waals surface area contributed by atoms with Gasteiger partial charge in [0.05, 0.1) is 11.5 Å². The number of benzene rings is 1.